The topological polar surface area (TPSA) is 111 Å². The molecule has 2 atom stereocenters. The van der Waals surface area contributed by atoms with Crippen LogP contribution in [0.5, 0.6) is 0 Å². The van der Waals surface area contributed by atoms with Gasteiger partial charge >= 0.3 is 11.9 Å². The van der Waals surface area contributed by atoms with Gasteiger partial charge in [-0.2, -0.15) is 0 Å². The van der Waals surface area contributed by atoms with Gasteiger partial charge in [0.05, 0.1) is 27.7 Å². The van der Waals surface area contributed by atoms with Crippen molar-refractivity contribution in [3.8, 4) is 0 Å². The number of rotatable bonds is 46. The van der Waals surface area contributed by atoms with Gasteiger partial charge in [-0.1, -0.05) is 187 Å². The van der Waals surface area contributed by atoms with E-state index in [2.05, 4.69) is 129 Å². The van der Waals surface area contributed by atoms with E-state index < -0.39 is 32.5 Å². The normalized spacial score (nSPS) is 14.4. The fourth-order valence-corrected chi connectivity index (χ4v) is 7.14. The SMILES string of the molecule is CC/C=C\C/C=C\C/C=C\C/C=C\C/C=C\C/C=C\C/C=C\C/C=C\C/C=C\CCCC(=O)OC(COC(=O)CCCCCCC/C=C\CCCCCCCC)COP(=O)([O-])OCC[N+](C)(C)C. The van der Waals surface area contributed by atoms with Crippen molar-refractivity contribution in [1.82, 2.24) is 0 Å². The summed E-state index contributed by atoms with van der Waals surface area (Å²) in [5, 5.41) is 0. The number of phosphoric acid groups is 1. The molecule has 0 saturated carbocycles. The molecule has 68 heavy (non-hydrogen) atoms. The van der Waals surface area contributed by atoms with E-state index in [1.165, 1.54) is 44.9 Å². The molecule has 9 nitrogen and oxygen atoms in total. The van der Waals surface area contributed by atoms with Crippen LogP contribution in [0, 0.1) is 0 Å². The van der Waals surface area contributed by atoms with Gasteiger partial charge in [-0.15, -0.1) is 0 Å². The third-order valence-electron chi connectivity index (χ3n) is 10.5. The van der Waals surface area contributed by atoms with E-state index in [1.807, 2.05) is 27.2 Å². The third-order valence-corrected chi connectivity index (χ3v) is 11.4. The van der Waals surface area contributed by atoms with E-state index in [0.29, 0.717) is 30.3 Å². The van der Waals surface area contributed by atoms with Crippen molar-refractivity contribution in [3.05, 3.63) is 122 Å². The summed E-state index contributed by atoms with van der Waals surface area (Å²) in [5.74, 6) is -0.924. The quantitative estimate of drug-likeness (QED) is 0.0195. The lowest BCUT2D eigenvalue weighted by Gasteiger charge is -2.28. The predicted molar refractivity (Wildman–Crippen MR) is 286 cm³/mol. The number of carbonyl (C=O) groups excluding carboxylic acids is 2. The van der Waals surface area contributed by atoms with Crippen LogP contribution in [0.3, 0.4) is 0 Å². The average molecular weight is 966 g/mol. The number of hydrogen-bond acceptors (Lipinski definition) is 8. The molecule has 0 amide bonds. The first-order valence-corrected chi connectivity index (χ1v) is 27.7. The Labute approximate surface area is 416 Å². The van der Waals surface area contributed by atoms with Crippen molar-refractivity contribution >= 4 is 19.8 Å². The van der Waals surface area contributed by atoms with Gasteiger partial charge in [0, 0.05) is 12.8 Å². The van der Waals surface area contributed by atoms with Gasteiger partial charge in [0.25, 0.3) is 7.82 Å². The van der Waals surface area contributed by atoms with Crippen LogP contribution in [0.25, 0.3) is 0 Å². The number of quaternary nitrogens is 1. The zero-order chi connectivity index (χ0) is 49.9. The van der Waals surface area contributed by atoms with Gasteiger partial charge < -0.3 is 27.9 Å². The van der Waals surface area contributed by atoms with Gasteiger partial charge in [-0.3, -0.25) is 14.2 Å². The summed E-state index contributed by atoms with van der Waals surface area (Å²) >= 11 is 0. The molecule has 0 radical (unpaired) electrons. The molecule has 0 aliphatic rings. The molecule has 0 aromatic carbocycles. The van der Waals surface area contributed by atoms with E-state index in [0.717, 1.165) is 89.9 Å². The van der Waals surface area contributed by atoms with Gasteiger partial charge in [0.2, 0.25) is 0 Å². The summed E-state index contributed by atoms with van der Waals surface area (Å²) in [6.45, 7) is 4.01. The molecule has 0 rings (SSSR count). The van der Waals surface area contributed by atoms with Crippen molar-refractivity contribution in [2.75, 3.05) is 47.5 Å². The lowest BCUT2D eigenvalue weighted by molar-refractivity contribution is -0.870. The molecule has 386 valence electrons. The zero-order valence-corrected chi connectivity index (χ0v) is 44.4. The number of unbranched alkanes of at least 4 members (excludes halogenated alkanes) is 12. The van der Waals surface area contributed by atoms with Crippen LogP contribution in [0.15, 0.2) is 122 Å². The first-order chi connectivity index (χ1) is 33.0. The van der Waals surface area contributed by atoms with Crippen LogP contribution in [0.2, 0.25) is 0 Å². The highest BCUT2D eigenvalue weighted by atomic mass is 31.2. The van der Waals surface area contributed by atoms with Crippen LogP contribution >= 0.6 is 7.82 Å². The van der Waals surface area contributed by atoms with Gasteiger partial charge in [-0.25, -0.2) is 0 Å². The van der Waals surface area contributed by atoms with Crippen molar-refractivity contribution in [3.63, 3.8) is 0 Å². The number of ether oxygens (including phenoxy) is 2. The number of hydrogen-bond donors (Lipinski definition) is 0. The minimum absolute atomic E-state index is 0.0498. The molecule has 2 unspecified atom stereocenters. The van der Waals surface area contributed by atoms with E-state index in [1.54, 1.807) is 0 Å². The number of esters is 2. The molecule has 0 bridgehead atoms. The summed E-state index contributed by atoms with van der Waals surface area (Å²) in [5.41, 5.74) is 0. The lowest BCUT2D eigenvalue weighted by atomic mass is 10.1. The van der Waals surface area contributed by atoms with Crippen molar-refractivity contribution in [1.29, 1.82) is 0 Å². The highest BCUT2D eigenvalue weighted by molar-refractivity contribution is 7.45. The number of carbonyl (C=O) groups is 2. The van der Waals surface area contributed by atoms with Crippen LogP contribution in [0.4, 0.5) is 0 Å². The Morgan fingerprint density at radius 3 is 1.31 bits per heavy atom. The monoisotopic (exact) mass is 966 g/mol. The largest absolute Gasteiger partial charge is 0.756 e. The van der Waals surface area contributed by atoms with E-state index in [4.69, 9.17) is 18.5 Å². The highest BCUT2D eigenvalue weighted by Crippen LogP contribution is 2.38. The number of nitrogens with zero attached hydrogens (tertiary/aromatic N) is 1. The van der Waals surface area contributed by atoms with Crippen LogP contribution in [-0.2, 0) is 32.7 Å². The molecule has 0 fully saturated rings. The Hall–Kier alpha value is -3.59. The Morgan fingerprint density at radius 1 is 0.471 bits per heavy atom. The highest BCUT2D eigenvalue weighted by Gasteiger charge is 2.21. The van der Waals surface area contributed by atoms with Gasteiger partial charge in [-0.05, 0) is 103 Å². The van der Waals surface area contributed by atoms with E-state index in [-0.39, 0.29) is 26.1 Å². The maximum atomic E-state index is 12.7. The Morgan fingerprint density at radius 2 is 0.853 bits per heavy atom. The molecule has 0 aliphatic carbocycles. The molecular weight excluding hydrogens is 870 g/mol. The molecule has 0 aromatic heterocycles. The van der Waals surface area contributed by atoms with E-state index in [9.17, 15) is 19.0 Å². The molecule has 10 heteroatoms. The summed E-state index contributed by atoms with van der Waals surface area (Å²) in [6, 6.07) is 0. The maximum Gasteiger partial charge on any atom is 0.306 e. The van der Waals surface area contributed by atoms with Gasteiger partial charge in [0.1, 0.15) is 19.8 Å². The number of likely N-dealkylation sites (N-methyl/N-ethyl adjacent to an activating group) is 1. The minimum Gasteiger partial charge on any atom is -0.756 e. The van der Waals surface area contributed by atoms with E-state index >= 15 is 0 Å². The van der Waals surface area contributed by atoms with Crippen LogP contribution < -0.4 is 4.89 Å². The predicted octanol–water partition coefficient (Wildman–Crippen LogP) is 15.4. The molecule has 0 N–H and O–H groups in total. The molecule has 0 saturated heterocycles. The second kappa shape index (κ2) is 48.4. The first kappa shape index (κ1) is 64.4. The maximum absolute atomic E-state index is 12.7. The molecule has 0 aromatic rings. The number of phosphoric ester groups is 1. The second-order valence-electron chi connectivity index (χ2n) is 18.1. The van der Waals surface area contributed by atoms with Crippen molar-refractivity contribution < 1.29 is 42.1 Å². The molecular formula is C58H96NO8P. The summed E-state index contributed by atoms with van der Waals surface area (Å²) in [4.78, 5) is 37.7. The molecule has 0 spiro atoms. The fourth-order valence-electron chi connectivity index (χ4n) is 6.41. The lowest BCUT2D eigenvalue weighted by Crippen LogP contribution is -2.37. The van der Waals surface area contributed by atoms with Crippen molar-refractivity contribution in [2.45, 2.75) is 187 Å². The first-order valence-electron chi connectivity index (χ1n) is 26.2. The zero-order valence-electron chi connectivity index (χ0n) is 43.5. The Bertz CT molecular complexity index is 1560. The Kier molecular flexibility index (Phi) is 45.9. The smallest absolute Gasteiger partial charge is 0.306 e. The summed E-state index contributed by atoms with van der Waals surface area (Å²) < 4.78 is 33.9. The third kappa shape index (κ3) is 51.8. The minimum atomic E-state index is -4.66. The molecule has 0 heterocycles. The standard InChI is InChI=1S/C58H96NO8P/c1-6-8-10-12-14-16-18-20-22-23-24-25-26-27-28-29-30-31-32-33-34-35-37-39-41-43-45-47-49-51-58(61)67-56(55-66-68(62,63)65-53-52-59(3,4)5)54-64-57(60)50-48-46-44-42-40-38-36-21-19-17-15-13-11-9-7-2/h8,10,14,16,20-22,24-25,27-28,30-31,33-34,36-37,39,43,45,56H,6-7,9,11-13,15,17-19,23,26,29,32,35,38,40-42,44,46-55H2,1-5H3/b10-8-,16-14-,22-20-,25-24-,28-27-,31-30-,34-33-,36-21-,39-37-,45-43-. The fraction of sp³-hybridized carbons (Fsp3) is 0.621. The van der Waals surface area contributed by atoms with Crippen LogP contribution in [-0.4, -0.2) is 70.0 Å². The summed E-state index contributed by atoms with van der Waals surface area (Å²) in [7, 11) is 1.10. The number of allylic oxidation sites excluding steroid dienone is 20. The van der Waals surface area contributed by atoms with Crippen molar-refractivity contribution in [2.24, 2.45) is 0 Å². The van der Waals surface area contributed by atoms with Crippen LogP contribution in [0.1, 0.15) is 181 Å². The summed E-state index contributed by atoms with van der Waals surface area (Å²) in [6.07, 6.45) is 68.2. The van der Waals surface area contributed by atoms with Gasteiger partial charge in [0.15, 0.2) is 6.10 Å². The molecule has 0 aliphatic heterocycles. The Balaban J connectivity index is 4.39. The average Bonchev–Trinajstić information content (AvgIpc) is 3.30. The second-order valence-corrected chi connectivity index (χ2v) is 19.6.